The molecule has 0 aliphatic heterocycles. The summed E-state index contributed by atoms with van der Waals surface area (Å²) in [5, 5.41) is 3.06. The predicted molar refractivity (Wildman–Crippen MR) is 59.2 cm³/mol. The number of hydrogen-bond donors (Lipinski definition) is 1. The number of aromatic nitrogens is 1. The summed E-state index contributed by atoms with van der Waals surface area (Å²) >= 11 is 0. The molecule has 4 heteroatoms. The van der Waals surface area contributed by atoms with Gasteiger partial charge in [0.1, 0.15) is 5.69 Å². The van der Waals surface area contributed by atoms with E-state index in [4.69, 9.17) is 4.74 Å². The third kappa shape index (κ3) is 2.39. The topological polar surface area (TPSA) is 43.3 Å². The highest BCUT2D eigenvalue weighted by Crippen LogP contribution is 2.15. The molecule has 15 heavy (non-hydrogen) atoms. The van der Waals surface area contributed by atoms with Crippen LogP contribution in [0.4, 0.5) is 0 Å². The van der Waals surface area contributed by atoms with E-state index in [1.54, 1.807) is 0 Å². The number of ether oxygens (including phenoxy) is 1. The van der Waals surface area contributed by atoms with E-state index in [2.05, 4.69) is 5.32 Å². The van der Waals surface area contributed by atoms with Gasteiger partial charge in [-0.15, -0.1) is 0 Å². The SMILES string of the molecule is CNCCn1c(C(=O)OC)cc(C)c1C. The molecule has 84 valence electrons. The van der Waals surface area contributed by atoms with Crippen LogP contribution in [0, 0.1) is 13.8 Å². The van der Waals surface area contributed by atoms with Gasteiger partial charge in [-0.25, -0.2) is 4.79 Å². The minimum atomic E-state index is -0.276. The fourth-order valence-electron chi connectivity index (χ4n) is 1.57. The Morgan fingerprint density at radius 2 is 2.20 bits per heavy atom. The molecular formula is C11H18N2O2. The number of nitrogens with one attached hydrogen (secondary N) is 1. The fourth-order valence-corrected chi connectivity index (χ4v) is 1.57. The van der Waals surface area contributed by atoms with Crippen LogP contribution in [-0.4, -0.2) is 31.2 Å². The number of methoxy groups -OCH3 is 1. The highest BCUT2D eigenvalue weighted by Gasteiger charge is 2.15. The van der Waals surface area contributed by atoms with Crippen molar-refractivity contribution in [3.05, 3.63) is 23.0 Å². The van der Waals surface area contributed by atoms with Crippen LogP contribution in [0.1, 0.15) is 21.7 Å². The van der Waals surface area contributed by atoms with Crippen molar-refractivity contribution in [3.63, 3.8) is 0 Å². The van der Waals surface area contributed by atoms with Crippen LogP contribution in [0.2, 0.25) is 0 Å². The molecule has 0 aromatic carbocycles. The summed E-state index contributed by atoms with van der Waals surface area (Å²) in [6.45, 7) is 5.62. The van der Waals surface area contributed by atoms with Gasteiger partial charge in [-0.2, -0.15) is 0 Å². The van der Waals surface area contributed by atoms with Crippen molar-refractivity contribution in [2.45, 2.75) is 20.4 Å². The molecule has 0 aliphatic carbocycles. The van der Waals surface area contributed by atoms with Crippen molar-refractivity contribution in [2.24, 2.45) is 0 Å². The first-order valence-electron chi connectivity index (χ1n) is 5.01. The number of hydrogen-bond acceptors (Lipinski definition) is 3. The Balaban J connectivity index is 3.03. The summed E-state index contributed by atoms with van der Waals surface area (Å²) < 4.78 is 6.73. The molecule has 1 N–H and O–H groups in total. The Morgan fingerprint density at radius 1 is 1.53 bits per heavy atom. The van der Waals surface area contributed by atoms with E-state index in [0.29, 0.717) is 5.69 Å². The first kappa shape index (κ1) is 11.8. The van der Waals surface area contributed by atoms with Gasteiger partial charge in [-0.3, -0.25) is 0 Å². The van der Waals surface area contributed by atoms with Gasteiger partial charge in [0.15, 0.2) is 0 Å². The Kier molecular flexibility index (Phi) is 3.91. The lowest BCUT2D eigenvalue weighted by molar-refractivity contribution is 0.0588. The Hall–Kier alpha value is -1.29. The van der Waals surface area contributed by atoms with Crippen molar-refractivity contribution >= 4 is 5.97 Å². The zero-order valence-corrected chi connectivity index (χ0v) is 9.76. The molecule has 1 rings (SSSR count). The monoisotopic (exact) mass is 210 g/mol. The summed E-state index contributed by atoms with van der Waals surface area (Å²) in [4.78, 5) is 11.5. The zero-order valence-electron chi connectivity index (χ0n) is 9.76. The molecular weight excluding hydrogens is 192 g/mol. The third-order valence-corrected chi connectivity index (χ3v) is 2.60. The van der Waals surface area contributed by atoms with Crippen molar-refractivity contribution in [3.8, 4) is 0 Å². The lowest BCUT2D eigenvalue weighted by atomic mass is 10.3. The maximum absolute atomic E-state index is 11.5. The quantitative estimate of drug-likeness (QED) is 0.757. The summed E-state index contributed by atoms with van der Waals surface area (Å²) in [7, 11) is 3.30. The molecule has 0 unspecified atom stereocenters. The maximum Gasteiger partial charge on any atom is 0.354 e. The number of carbonyl (C=O) groups excluding carboxylic acids is 1. The molecule has 0 atom stereocenters. The van der Waals surface area contributed by atoms with Crippen LogP contribution in [0.5, 0.6) is 0 Å². The molecule has 0 spiro atoms. The summed E-state index contributed by atoms with van der Waals surface area (Å²) in [5.41, 5.74) is 2.86. The fraction of sp³-hybridized carbons (Fsp3) is 0.545. The van der Waals surface area contributed by atoms with Gasteiger partial charge in [-0.05, 0) is 32.5 Å². The highest BCUT2D eigenvalue weighted by molar-refractivity contribution is 5.88. The van der Waals surface area contributed by atoms with Crippen LogP contribution in [0.25, 0.3) is 0 Å². The standard InChI is InChI=1S/C11H18N2O2/c1-8-7-10(11(14)15-4)13(9(8)2)6-5-12-3/h7,12H,5-6H2,1-4H3. The van der Waals surface area contributed by atoms with E-state index >= 15 is 0 Å². The predicted octanol–water partition coefficient (Wildman–Crippen LogP) is 1.11. The van der Waals surface area contributed by atoms with Crippen molar-refractivity contribution in [2.75, 3.05) is 20.7 Å². The number of carbonyl (C=O) groups is 1. The van der Waals surface area contributed by atoms with Crippen LogP contribution >= 0.6 is 0 Å². The van der Waals surface area contributed by atoms with E-state index in [0.717, 1.165) is 24.3 Å². The molecule has 0 saturated heterocycles. The van der Waals surface area contributed by atoms with E-state index in [9.17, 15) is 4.79 Å². The average Bonchev–Trinajstić information content (AvgIpc) is 2.52. The van der Waals surface area contributed by atoms with Crippen molar-refractivity contribution < 1.29 is 9.53 Å². The summed E-state index contributed by atoms with van der Waals surface area (Å²) in [5.74, 6) is -0.276. The Bertz CT molecular complexity index is 356. The van der Waals surface area contributed by atoms with E-state index < -0.39 is 0 Å². The minimum Gasteiger partial charge on any atom is -0.464 e. The molecule has 4 nitrogen and oxygen atoms in total. The Labute approximate surface area is 90.2 Å². The molecule has 0 aliphatic rings. The van der Waals surface area contributed by atoms with Gasteiger partial charge in [0.05, 0.1) is 7.11 Å². The summed E-state index contributed by atoms with van der Waals surface area (Å²) in [6, 6.07) is 1.87. The average molecular weight is 210 g/mol. The van der Waals surface area contributed by atoms with Crippen LogP contribution in [0.3, 0.4) is 0 Å². The first-order valence-corrected chi connectivity index (χ1v) is 5.01. The third-order valence-electron chi connectivity index (χ3n) is 2.60. The number of aryl methyl sites for hydroxylation is 1. The maximum atomic E-state index is 11.5. The second-order valence-electron chi connectivity index (χ2n) is 3.54. The lowest BCUT2D eigenvalue weighted by Gasteiger charge is -2.09. The summed E-state index contributed by atoms with van der Waals surface area (Å²) in [6.07, 6.45) is 0. The zero-order chi connectivity index (χ0) is 11.4. The van der Waals surface area contributed by atoms with Gasteiger partial charge >= 0.3 is 5.97 Å². The normalized spacial score (nSPS) is 10.4. The first-order chi connectivity index (χ1) is 7.11. The van der Waals surface area contributed by atoms with Crippen LogP contribution in [0.15, 0.2) is 6.07 Å². The van der Waals surface area contributed by atoms with Gasteiger partial charge < -0.3 is 14.6 Å². The molecule has 0 radical (unpaired) electrons. The van der Waals surface area contributed by atoms with Gasteiger partial charge in [0, 0.05) is 18.8 Å². The molecule has 0 bridgehead atoms. The molecule has 1 aromatic heterocycles. The molecule has 0 fully saturated rings. The molecule has 1 heterocycles. The smallest absolute Gasteiger partial charge is 0.354 e. The Morgan fingerprint density at radius 3 is 2.73 bits per heavy atom. The lowest BCUT2D eigenvalue weighted by Crippen LogP contribution is -2.19. The van der Waals surface area contributed by atoms with Crippen LogP contribution < -0.4 is 5.32 Å². The van der Waals surface area contributed by atoms with Gasteiger partial charge in [0.25, 0.3) is 0 Å². The van der Waals surface area contributed by atoms with Crippen molar-refractivity contribution in [1.29, 1.82) is 0 Å². The van der Waals surface area contributed by atoms with Gasteiger partial charge in [0.2, 0.25) is 0 Å². The molecule has 0 amide bonds. The van der Waals surface area contributed by atoms with Crippen molar-refractivity contribution in [1.82, 2.24) is 9.88 Å². The molecule has 0 saturated carbocycles. The minimum absolute atomic E-state index is 0.276. The largest absolute Gasteiger partial charge is 0.464 e. The second-order valence-corrected chi connectivity index (χ2v) is 3.54. The number of rotatable bonds is 4. The van der Waals surface area contributed by atoms with E-state index in [1.807, 2.05) is 31.5 Å². The van der Waals surface area contributed by atoms with E-state index in [1.165, 1.54) is 7.11 Å². The highest BCUT2D eigenvalue weighted by atomic mass is 16.5. The second kappa shape index (κ2) is 4.98. The molecule has 1 aromatic rings. The number of likely N-dealkylation sites (N-methyl/N-ethyl adjacent to an activating group) is 1. The van der Waals surface area contributed by atoms with E-state index in [-0.39, 0.29) is 5.97 Å². The van der Waals surface area contributed by atoms with Gasteiger partial charge in [-0.1, -0.05) is 0 Å². The van der Waals surface area contributed by atoms with Crippen LogP contribution in [-0.2, 0) is 11.3 Å². The number of nitrogens with zero attached hydrogens (tertiary/aromatic N) is 1. The number of esters is 1.